The van der Waals surface area contributed by atoms with Crippen molar-refractivity contribution in [2.75, 3.05) is 0 Å². The van der Waals surface area contributed by atoms with E-state index in [4.69, 9.17) is 0 Å². The Hall–Kier alpha value is -0.380. The van der Waals surface area contributed by atoms with E-state index in [2.05, 4.69) is 29.8 Å². The third kappa shape index (κ3) is 2.80. The lowest BCUT2D eigenvalue weighted by Gasteiger charge is -2.30. The van der Waals surface area contributed by atoms with Gasteiger partial charge in [-0.3, -0.25) is 0 Å². The molecular weight excluding hydrogens is 206 g/mol. The number of hydrogen-bond acceptors (Lipinski definition) is 3. The standard InChI is InChI=1S/C12H19NOS/c1-9(12-7-4-8-15-12)13-10-5-2-3-6-11(10)14/h4,7-11,13-14H,2-3,5-6H2,1H3/t9-,10-,11-/m1/s1. The van der Waals surface area contributed by atoms with Crippen LogP contribution in [-0.4, -0.2) is 17.3 Å². The van der Waals surface area contributed by atoms with Crippen LogP contribution in [0.25, 0.3) is 0 Å². The first-order valence-electron chi connectivity index (χ1n) is 5.75. The van der Waals surface area contributed by atoms with Crippen LogP contribution in [0.5, 0.6) is 0 Å². The Morgan fingerprint density at radius 3 is 2.93 bits per heavy atom. The van der Waals surface area contributed by atoms with Crippen molar-refractivity contribution < 1.29 is 5.11 Å². The zero-order valence-corrected chi connectivity index (χ0v) is 9.96. The highest BCUT2D eigenvalue weighted by atomic mass is 32.1. The minimum absolute atomic E-state index is 0.152. The molecule has 3 atom stereocenters. The smallest absolute Gasteiger partial charge is 0.0693 e. The van der Waals surface area contributed by atoms with E-state index in [-0.39, 0.29) is 12.1 Å². The number of nitrogens with one attached hydrogen (secondary N) is 1. The third-order valence-corrected chi connectivity index (χ3v) is 4.22. The van der Waals surface area contributed by atoms with Gasteiger partial charge in [-0.2, -0.15) is 0 Å². The summed E-state index contributed by atoms with van der Waals surface area (Å²) in [5.74, 6) is 0. The second kappa shape index (κ2) is 5.10. The topological polar surface area (TPSA) is 32.3 Å². The van der Waals surface area contributed by atoms with Crippen molar-refractivity contribution in [3.8, 4) is 0 Å². The molecule has 1 heterocycles. The molecule has 1 fully saturated rings. The lowest BCUT2D eigenvalue weighted by atomic mass is 9.92. The van der Waals surface area contributed by atoms with Crippen LogP contribution in [0.2, 0.25) is 0 Å². The molecule has 1 aromatic heterocycles. The fourth-order valence-corrected chi connectivity index (χ4v) is 2.99. The van der Waals surface area contributed by atoms with Crippen molar-refractivity contribution in [3.05, 3.63) is 22.4 Å². The van der Waals surface area contributed by atoms with Crippen molar-refractivity contribution in [1.82, 2.24) is 5.32 Å². The summed E-state index contributed by atoms with van der Waals surface area (Å²) in [6.07, 6.45) is 4.32. The van der Waals surface area contributed by atoms with Crippen molar-refractivity contribution in [3.63, 3.8) is 0 Å². The number of thiophene rings is 1. The van der Waals surface area contributed by atoms with Crippen LogP contribution in [0.4, 0.5) is 0 Å². The zero-order valence-electron chi connectivity index (χ0n) is 9.15. The fraction of sp³-hybridized carbons (Fsp3) is 0.667. The van der Waals surface area contributed by atoms with Gasteiger partial charge < -0.3 is 10.4 Å². The fourth-order valence-electron chi connectivity index (χ4n) is 2.25. The van der Waals surface area contributed by atoms with Gasteiger partial charge in [0.1, 0.15) is 0 Å². The first-order chi connectivity index (χ1) is 7.27. The summed E-state index contributed by atoms with van der Waals surface area (Å²) in [5.41, 5.74) is 0. The second-order valence-electron chi connectivity index (χ2n) is 4.36. The number of hydrogen-bond donors (Lipinski definition) is 2. The van der Waals surface area contributed by atoms with Crippen LogP contribution in [0.15, 0.2) is 17.5 Å². The lowest BCUT2D eigenvalue weighted by molar-refractivity contribution is 0.0862. The first-order valence-corrected chi connectivity index (χ1v) is 6.63. The molecule has 0 amide bonds. The third-order valence-electron chi connectivity index (χ3n) is 3.16. The predicted molar refractivity (Wildman–Crippen MR) is 64.1 cm³/mol. The van der Waals surface area contributed by atoms with Gasteiger partial charge in [-0.1, -0.05) is 18.9 Å². The average molecular weight is 225 g/mol. The van der Waals surface area contributed by atoms with E-state index >= 15 is 0 Å². The maximum atomic E-state index is 9.86. The molecule has 84 valence electrons. The highest BCUT2D eigenvalue weighted by molar-refractivity contribution is 7.10. The quantitative estimate of drug-likeness (QED) is 0.829. The summed E-state index contributed by atoms with van der Waals surface area (Å²) in [5, 5.41) is 15.5. The molecule has 0 radical (unpaired) electrons. The summed E-state index contributed by atoms with van der Waals surface area (Å²) in [4.78, 5) is 1.35. The molecule has 1 saturated carbocycles. The maximum Gasteiger partial charge on any atom is 0.0693 e. The Bertz CT molecular complexity index is 286. The molecule has 1 aliphatic carbocycles. The lowest BCUT2D eigenvalue weighted by Crippen LogP contribution is -2.42. The van der Waals surface area contributed by atoms with Gasteiger partial charge in [0.25, 0.3) is 0 Å². The van der Waals surface area contributed by atoms with Crippen LogP contribution < -0.4 is 5.32 Å². The summed E-state index contributed by atoms with van der Waals surface area (Å²) in [6, 6.07) is 4.88. The van der Waals surface area contributed by atoms with E-state index in [0.29, 0.717) is 6.04 Å². The van der Waals surface area contributed by atoms with E-state index < -0.39 is 0 Å². The highest BCUT2D eigenvalue weighted by Gasteiger charge is 2.24. The normalized spacial score (nSPS) is 28.9. The molecule has 0 aliphatic heterocycles. The maximum absolute atomic E-state index is 9.86. The van der Waals surface area contributed by atoms with Crippen LogP contribution in [0.1, 0.15) is 43.5 Å². The Balaban J connectivity index is 1.90. The van der Waals surface area contributed by atoms with Crippen molar-refractivity contribution >= 4 is 11.3 Å². The van der Waals surface area contributed by atoms with Gasteiger partial charge in [0.15, 0.2) is 0 Å². The van der Waals surface area contributed by atoms with E-state index in [1.54, 1.807) is 11.3 Å². The Morgan fingerprint density at radius 1 is 1.47 bits per heavy atom. The Kier molecular flexibility index (Phi) is 3.78. The van der Waals surface area contributed by atoms with Crippen LogP contribution in [-0.2, 0) is 0 Å². The molecule has 3 heteroatoms. The van der Waals surface area contributed by atoms with E-state index in [1.807, 2.05) is 0 Å². The zero-order chi connectivity index (χ0) is 10.7. The SMILES string of the molecule is C[C@@H](N[C@@H]1CCCC[C@H]1O)c1cccs1. The summed E-state index contributed by atoms with van der Waals surface area (Å²) >= 11 is 1.78. The molecule has 0 bridgehead atoms. The highest BCUT2D eigenvalue weighted by Crippen LogP contribution is 2.23. The van der Waals surface area contributed by atoms with E-state index in [0.717, 1.165) is 12.8 Å². The molecule has 0 aromatic carbocycles. The molecule has 2 nitrogen and oxygen atoms in total. The summed E-state index contributed by atoms with van der Waals surface area (Å²) in [7, 11) is 0. The predicted octanol–water partition coefficient (Wildman–Crippen LogP) is 2.70. The van der Waals surface area contributed by atoms with Crippen molar-refractivity contribution in [2.45, 2.75) is 50.8 Å². The first kappa shape index (κ1) is 11.1. The van der Waals surface area contributed by atoms with Crippen molar-refractivity contribution in [1.29, 1.82) is 0 Å². The van der Waals surface area contributed by atoms with Gasteiger partial charge in [0.05, 0.1) is 6.10 Å². The summed E-state index contributed by atoms with van der Waals surface area (Å²) < 4.78 is 0. The van der Waals surface area contributed by atoms with E-state index in [9.17, 15) is 5.11 Å². The van der Waals surface area contributed by atoms with Gasteiger partial charge >= 0.3 is 0 Å². The average Bonchev–Trinajstić information content (AvgIpc) is 2.74. The number of aliphatic hydroxyl groups excluding tert-OH is 1. The van der Waals surface area contributed by atoms with Gasteiger partial charge in [0, 0.05) is 17.0 Å². The second-order valence-corrected chi connectivity index (χ2v) is 5.34. The Morgan fingerprint density at radius 2 is 2.27 bits per heavy atom. The van der Waals surface area contributed by atoms with Gasteiger partial charge in [-0.25, -0.2) is 0 Å². The van der Waals surface area contributed by atoms with Gasteiger partial charge in [0.2, 0.25) is 0 Å². The number of aliphatic hydroxyl groups is 1. The molecule has 1 aromatic rings. The molecule has 0 saturated heterocycles. The molecule has 2 N–H and O–H groups in total. The molecule has 0 spiro atoms. The molecule has 15 heavy (non-hydrogen) atoms. The number of rotatable bonds is 3. The largest absolute Gasteiger partial charge is 0.392 e. The van der Waals surface area contributed by atoms with Crippen LogP contribution in [0.3, 0.4) is 0 Å². The minimum atomic E-state index is -0.152. The van der Waals surface area contributed by atoms with Gasteiger partial charge in [-0.15, -0.1) is 11.3 Å². The minimum Gasteiger partial charge on any atom is -0.392 e. The van der Waals surface area contributed by atoms with E-state index in [1.165, 1.54) is 17.7 Å². The van der Waals surface area contributed by atoms with Crippen LogP contribution in [0, 0.1) is 0 Å². The summed E-state index contributed by atoms with van der Waals surface area (Å²) in [6.45, 7) is 2.17. The monoisotopic (exact) mass is 225 g/mol. The molecule has 1 aliphatic rings. The Labute approximate surface area is 95.3 Å². The molecule has 0 unspecified atom stereocenters. The molecule has 2 rings (SSSR count). The van der Waals surface area contributed by atoms with Crippen LogP contribution >= 0.6 is 11.3 Å². The van der Waals surface area contributed by atoms with Gasteiger partial charge in [-0.05, 0) is 31.2 Å². The molecular formula is C12H19NOS. The van der Waals surface area contributed by atoms with Crippen molar-refractivity contribution in [2.24, 2.45) is 0 Å².